The van der Waals surface area contributed by atoms with Crippen LogP contribution in [0.5, 0.6) is 0 Å². The van der Waals surface area contributed by atoms with Gasteiger partial charge in [0.25, 0.3) is 5.91 Å². The largest absolute Gasteiger partial charge is 0.349 e. The molecule has 9 aliphatic rings. The van der Waals surface area contributed by atoms with Crippen LogP contribution < -0.4 is 16.0 Å². The van der Waals surface area contributed by atoms with Gasteiger partial charge in [0.15, 0.2) is 0 Å². The molecule has 0 aromatic heterocycles. The van der Waals surface area contributed by atoms with Crippen molar-refractivity contribution in [3.05, 3.63) is 98.3 Å². The molecule has 7 fully saturated rings. The topological polar surface area (TPSA) is 148 Å². The van der Waals surface area contributed by atoms with E-state index in [1.165, 1.54) is 6.07 Å². The van der Waals surface area contributed by atoms with Crippen LogP contribution in [0.4, 0.5) is 10.1 Å². The van der Waals surface area contributed by atoms with E-state index in [2.05, 4.69) is 32.7 Å². The minimum atomic E-state index is -1.20. The van der Waals surface area contributed by atoms with Crippen molar-refractivity contribution in [2.45, 2.75) is 138 Å². The van der Waals surface area contributed by atoms with Crippen LogP contribution in [0.1, 0.15) is 135 Å². The highest BCUT2D eigenvalue weighted by atomic mass is 35.5. The van der Waals surface area contributed by atoms with Gasteiger partial charge in [-0.3, -0.25) is 39.0 Å². The molecule has 4 saturated carbocycles. The van der Waals surface area contributed by atoms with Gasteiger partial charge in [-0.2, -0.15) is 0 Å². The van der Waals surface area contributed by atoms with E-state index >= 15 is 14.0 Å². The molecule has 5 heterocycles. The summed E-state index contributed by atoms with van der Waals surface area (Å²) in [5.74, 6) is 4.12. The van der Waals surface area contributed by atoms with Crippen molar-refractivity contribution in [3.63, 3.8) is 0 Å². The molecule has 6 amide bonds. The quantitative estimate of drug-likeness (QED) is 0.176. The van der Waals surface area contributed by atoms with E-state index in [1.54, 1.807) is 29.2 Å². The summed E-state index contributed by atoms with van der Waals surface area (Å²) in [6.45, 7) is 1.46. The van der Waals surface area contributed by atoms with E-state index in [0.717, 1.165) is 48.8 Å². The first-order valence-corrected chi connectivity index (χ1v) is 25.6. The number of piperidine rings is 2. The van der Waals surface area contributed by atoms with Crippen LogP contribution in [-0.4, -0.2) is 93.4 Å². The molecule has 3 saturated heterocycles. The van der Waals surface area contributed by atoms with Gasteiger partial charge in [-0.15, -0.1) is 0 Å². The van der Waals surface area contributed by atoms with Gasteiger partial charge in [0, 0.05) is 76.2 Å². The number of carbonyl (C=O) groups is 6. The first kappa shape index (κ1) is 46.1. The summed E-state index contributed by atoms with van der Waals surface area (Å²) in [7, 11) is 1.96. The van der Waals surface area contributed by atoms with Crippen LogP contribution in [0.2, 0.25) is 10.0 Å². The average molecular weight is 976 g/mol. The van der Waals surface area contributed by atoms with Crippen LogP contribution in [0.25, 0.3) is 0 Å². The van der Waals surface area contributed by atoms with E-state index in [9.17, 15) is 19.2 Å². The third-order valence-corrected chi connectivity index (χ3v) is 18.6. The van der Waals surface area contributed by atoms with Crippen LogP contribution in [0.3, 0.4) is 0 Å². The molecule has 3 N–H and O–H groups in total. The van der Waals surface area contributed by atoms with Crippen molar-refractivity contribution in [3.8, 4) is 11.8 Å². The Labute approximate surface area is 411 Å². The molecule has 4 aliphatic carbocycles. The Hall–Kier alpha value is -5.29. The Kier molecular flexibility index (Phi) is 11.5. The summed E-state index contributed by atoms with van der Waals surface area (Å²) < 4.78 is 16.6. The molecule has 15 heteroatoms. The Balaban J connectivity index is 0.781. The van der Waals surface area contributed by atoms with Gasteiger partial charge in [-0.1, -0.05) is 78.6 Å². The van der Waals surface area contributed by atoms with Gasteiger partial charge in [0.1, 0.15) is 11.9 Å². The SMILES string of the molecule is CN1[C@@H](C(=O)NC23CCC(C(=O)N4CCC(C#Cc5cccc6c5CN(C5CCC(=O)NC5=O)C6=O)CC4)(CC2)CC3)[C@H](c2cccc(Cl)c2F)[C@@]2(Cc3ccc(Cl)cc3NC2=O)C12CCCCC2. The van der Waals surface area contributed by atoms with Gasteiger partial charge in [-0.05, 0) is 131 Å². The third kappa shape index (κ3) is 7.32. The van der Waals surface area contributed by atoms with Crippen molar-refractivity contribution in [2.24, 2.45) is 16.7 Å². The highest BCUT2D eigenvalue weighted by molar-refractivity contribution is 6.31. The summed E-state index contributed by atoms with van der Waals surface area (Å²) in [6.07, 6.45) is 10.3. The van der Waals surface area contributed by atoms with Gasteiger partial charge in [-0.25, -0.2) is 4.39 Å². The van der Waals surface area contributed by atoms with Crippen molar-refractivity contribution in [1.82, 2.24) is 25.3 Å². The fraction of sp³-hybridized carbons (Fsp3) is 0.519. The van der Waals surface area contributed by atoms with Gasteiger partial charge < -0.3 is 20.4 Å². The second-order valence-corrected chi connectivity index (χ2v) is 22.1. The zero-order chi connectivity index (χ0) is 48.0. The number of carbonyl (C=O) groups excluding carboxylic acids is 6. The molecule has 2 bridgehead atoms. The van der Waals surface area contributed by atoms with Crippen molar-refractivity contribution in [1.29, 1.82) is 0 Å². The maximum Gasteiger partial charge on any atom is 0.255 e. The fourth-order valence-corrected chi connectivity index (χ4v) is 14.7. The lowest BCUT2D eigenvalue weighted by atomic mass is 9.54. The van der Waals surface area contributed by atoms with Crippen LogP contribution in [0, 0.1) is 34.4 Å². The summed E-state index contributed by atoms with van der Waals surface area (Å²) in [6, 6.07) is 14.3. The van der Waals surface area contributed by atoms with Gasteiger partial charge >= 0.3 is 0 Å². The number of rotatable bonds is 5. The number of imide groups is 1. The molecule has 0 radical (unpaired) electrons. The molecule has 12 nitrogen and oxygen atoms in total. The minimum Gasteiger partial charge on any atom is -0.349 e. The van der Waals surface area contributed by atoms with Gasteiger partial charge in [0.05, 0.1) is 16.5 Å². The molecule has 4 atom stereocenters. The maximum absolute atomic E-state index is 16.6. The molecule has 12 rings (SSSR count). The smallest absolute Gasteiger partial charge is 0.255 e. The average Bonchev–Trinajstić information content (AvgIpc) is 3.78. The van der Waals surface area contributed by atoms with Crippen molar-refractivity contribution >= 4 is 64.3 Å². The third-order valence-electron chi connectivity index (χ3n) is 18.1. The second-order valence-electron chi connectivity index (χ2n) is 21.3. The van der Waals surface area contributed by atoms with E-state index in [0.29, 0.717) is 93.6 Å². The van der Waals surface area contributed by atoms with Crippen LogP contribution in [-0.2, 0) is 36.9 Å². The lowest BCUT2D eigenvalue weighted by molar-refractivity contribution is -0.152. The number of anilines is 1. The van der Waals surface area contributed by atoms with E-state index in [-0.39, 0.29) is 59.0 Å². The Morgan fingerprint density at radius 3 is 2.30 bits per heavy atom. The molecular formula is C54H57Cl2FN6O6. The molecule has 360 valence electrons. The lowest BCUT2D eigenvalue weighted by Gasteiger charge is -2.54. The first-order chi connectivity index (χ1) is 33.2. The fourth-order valence-electron chi connectivity index (χ4n) is 14.4. The number of nitrogens with zero attached hydrogens (tertiary/aromatic N) is 3. The molecule has 1 unspecified atom stereocenters. The van der Waals surface area contributed by atoms with Crippen LogP contribution >= 0.6 is 23.2 Å². The lowest BCUT2D eigenvalue weighted by Crippen LogP contribution is -2.63. The molecule has 3 aromatic carbocycles. The maximum atomic E-state index is 16.6. The first-order valence-electron chi connectivity index (χ1n) is 24.8. The van der Waals surface area contributed by atoms with Crippen molar-refractivity contribution < 1.29 is 33.2 Å². The standard InChI is InChI=1S/C54H57Cl2FN6O6/c1-61-45(43(37-9-6-10-39(56)44(37)57)54(53(61)19-3-2-4-20-53)30-34-13-14-35(55)29-40(34)58-49(54)68)47(66)60-52-24-21-51(22-25-52,23-26-52)50(69)62-27-17-32(18-28-62)11-12-33-7-5-8-36-38(33)31-63(48(36)67)41-15-16-42(64)59-46(41)65/h5-10,13-14,29,32,41,43,45H,2-4,15-28,30-31H2,1H3,(H,58,68)(H,60,66)(H,59,64,65)/t41?,43-,45+,51?,52?,54+/m0/s1. The van der Waals surface area contributed by atoms with E-state index in [4.69, 9.17) is 23.2 Å². The Morgan fingerprint density at radius 1 is 0.855 bits per heavy atom. The Bertz CT molecular complexity index is 2750. The van der Waals surface area contributed by atoms with E-state index < -0.39 is 51.6 Å². The Morgan fingerprint density at radius 2 is 1.58 bits per heavy atom. The van der Waals surface area contributed by atoms with E-state index in [1.807, 2.05) is 36.2 Å². The molecule has 69 heavy (non-hydrogen) atoms. The molecular weight excluding hydrogens is 919 g/mol. The minimum absolute atomic E-state index is 0.0517. The number of likely N-dealkylation sites (tertiary alicyclic amines) is 2. The summed E-state index contributed by atoms with van der Waals surface area (Å²) >= 11 is 12.9. The van der Waals surface area contributed by atoms with Crippen LogP contribution in [0.15, 0.2) is 54.6 Å². The zero-order valence-electron chi connectivity index (χ0n) is 38.9. The predicted octanol–water partition coefficient (Wildman–Crippen LogP) is 7.67. The molecule has 2 spiro atoms. The summed E-state index contributed by atoms with van der Waals surface area (Å²) in [5.41, 5.74) is 0.918. The molecule has 3 aromatic rings. The number of fused-ring (bicyclic) bond motifs is 6. The number of nitrogens with one attached hydrogen (secondary N) is 3. The molecule has 5 aliphatic heterocycles. The number of hydrogen-bond acceptors (Lipinski definition) is 7. The highest BCUT2D eigenvalue weighted by Crippen LogP contribution is 2.65. The summed E-state index contributed by atoms with van der Waals surface area (Å²) in [4.78, 5) is 88.3. The highest BCUT2D eigenvalue weighted by Gasteiger charge is 2.73. The number of hydrogen-bond donors (Lipinski definition) is 3. The normalized spacial score (nSPS) is 30.7. The zero-order valence-corrected chi connectivity index (χ0v) is 40.4. The number of amides is 6. The number of halogens is 3. The number of benzene rings is 3. The number of likely N-dealkylation sites (N-methyl/N-ethyl adjacent to an activating group) is 1. The van der Waals surface area contributed by atoms with Gasteiger partial charge in [0.2, 0.25) is 29.5 Å². The summed E-state index contributed by atoms with van der Waals surface area (Å²) in [5, 5.41) is 9.55. The second kappa shape index (κ2) is 17.2. The predicted molar refractivity (Wildman–Crippen MR) is 257 cm³/mol. The monoisotopic (exact) mass is 974 g/mol. The van der Waals surface area contributed by atoms with Crippen molar-refractivity contribution in [2.75, 3.05) is 25.5 Å².